The van der Waals surface area contributed by atoms with E-state index in [1.165, 1.54) is 6.07 Å². The number of rotatable bonds is 2. The number of aliphatic hydroxyl groups excluding tert-OH is 2. The van der Waals surface area contributed by atoms with Gasteiger partial charge in [0.2, 0.25) is 0 Å². The van der Waals surface area contributed by atoms with Crippen LogP contribution in [0.5, 0.6) is 0 Å². The fourth-order valence-corrected chi connectivity index (χ4v) is 1.26. The van der Waals surface area contributed by atoms with Crippen molar-refractivity contribution in [1.82, 2.24) is 0 Å². The molecule has 4 nitrogen and oxygen atoms in total. The summed E-state index contributed by atoms with van der Waals surface area (Å²) in [4.78, 5) is 0. The van der Waals surface area contributed by atoms with Crippen LogP contribution in [0.15, 0.2) is 18.2 Å². The van der Waals surface area contributed by atoms with Gasteiger partial charge in [-0.15, -0.1) is 0 Å². The van der Waals surface area contributed by atoms with Gasteiger partial charge in [-0.05, 0) is 12.1 Å². The molecule has 4 N–H and O–H groups in total. The molecule has 1 rings (SSSR count). The van der Waals surface area contributed by atoms with Gasteiger partial charge in [-0.1, -0.05) is 6.07 Å². The number of aliphatic hydroxyl groups is 2. The zero-order chi connectivity index (χ0) is 13.2. The fraction of sp³-hybridized carbons (Fsp3) is 0.300. The summed E-state index contributed by atoms with van der Waals surface area (Å²) in [6.07, 6.45) is -7.91. The van der Waals surface area contributed by atoms with Gasteiger partial charge in [0.25, 0.3) is 0 Å². The van der Waals surface area contributed by atoms with Crippen LogP contribution < -0.4 is 5.73 Å². The number of alkyl halides is 3. The molecule has 0 aromatic heterocycles. The molecule has 0 bridgehead atoms. The van der Waals surface area contributed by atoms with E-state index in [9.17, 15) is 18.3 Å². The summed E-state index contributed by atoms with van der Waals surface area (Å²) in [5.74, 6) is 0. The number of hydrogen-bond donors (Lipinski definition) is 3. The van der Waals surface area contributed by atoms with Gasteiger partial charge in [0.1, 0.15) is 6.10 Å². The summed E-state index contributed by atoms with van der Waals surface area (Å²) in [6, 6.07) is 3.66. The van der Waals surface area contributed by atoms with Crippen LogP contribution in [-0.2, 0) is 6.18 Å². The minimum atomic E-state index is -4.54. The fourth-order valence-electron chi connectivity index (χ4n) is 1.26. The van der Waals surface area contributed by atoms with E-state index in [0.717, 1.165) is 12.1 Å². The van der Waals surface area contributed by atoms with Crippen LogP contribution in [0.3, 0.4) is 0 Å². The van der Waals surface area contributed by atoms with E-state index >= 15 is 0 Å². The van der Waals surface area contributed by atoms with E-state index in [1.54, 1.807) is 0 Å². The first-order valence-electron chi connectivity index (χ1n) is 4.49. The summed E-state index contributed by atoms with van der Waals surface area (Å²) in [5.41, 5.74) is 3.92. The Bertz CT molecular complexity index is 454. The highest BCUT2D eigenvalue weighted by atomic mass is 19.4. The number of nitrogen functional groups attached to an aromatic ring is 1. The lowest BCUT2D eigenvalue weighted by atomic mass is 10.0. The molecule has 1 aromatic carbocycles. The molecule has 0 amide bonds. The van der Waals surface area contributed by atoms with E-state index in [0.29, 0.717) is 6.07 Å². The smallest absolute Gasteiger partial charge is 0.398 e. The monoisotopic (exact) mass is 246 g/mol. The molecule has 0 heterocycles. The molecule has 0 aliphatic carbocycles. The minimum absolute atomic E-state index is 0.118. The van der Waals surface area contributed by atoms with Crippen molar-refractivity contribution in [2.45, 2.75) is 18.4 Å². The quantitative estimate of drug-likeness (QED) is 0.540. The first-order chi connectivity index (χ1) is 7.77. The number of hydrogen-bond acceptors (Lipinski definition) is 4. The molecular formula is C10H9F3N2O2. The molecule has 0 aliphatic rings. The second kappa shape index (κ2) is 4.61. The largest absolute Gasteiger partial charge is 0.416 e. The zero-order valence-electron chi connectivity index (χ0n) is 8.44. The predicted octanol–water partition coefficient (Wildman–Crippen LogP) is 1.21. The Balaban J connectivity index is 3.11. The Labute approximate surface area is 94.7 Å². The number of anilines is 1. The average molecular weight is 246 g/mol. The van der Waals surface area contributed by atoms with E-state index < -0.39 is 23.9 Å². The maximum Gasteiger partial charge on any atom is 0.416 e. The summed E-state index contributed by atoms with van der Waals surface area (Å²) in [7, 11) is 0. The predicted molar refractivity (Wildman–Crippen MR) is 52.4 cm³/mol. The van der Waals surface area contributed by atoms with Crippen LogP contribution in [0.2, 0.25) is 0 Å². The van der Waals surface area contributed by atoms with E-state index in [2.05, 4.69) is 0 Å². The maximum absolute atomic E-state index is 12.3. The van der Waals surface area contributed by atoms with Crippen LogP contribution in [0.1, 0.15) is 17.2 Å². The summed E-state index contributed by atoms with van der Waals surface area (Å²) < 4.78 is 36.9. The molecule has 17 heavy (non-hydrogen) atoms. The van der Waals surface area contributed by atoms with Crippen molar-refractivity contribution in [3.63, 3.8) is 0 Å². The van der Waals surface area contributed by atoms with Gasteiger partial charge in [0, 0.05) is 11.3 Å². The first-order valence-corrected chi connectivity index (χ1v) is 4.49. The van der Waals surface area contributed by atoms with Crippen molar-refractivity contribution in [2.24, 2.45) is 0 Å². The zero-order valence-corrected chi connectivity index (χ0v) is 8.44. The van der Waals surface area contributed by atoms with Crippen molar-refractivity contribution in [2.75, 3.05) is 5.73 Å². The maximum atomic E-state index is 12.3. The highest BCUT2D eigenvalue weighted by Crippen LogP contribution is 2.33. The van der Waals surface area contributed by atoms with Crippen LogP contribution in [0.4, 0.5) is 18.9 Å². The molecule has 0 radical (unpaired) electrons. The third-order valence-corrected chi connectivity index (χ3v) is 2.16. The van der Waals surface area contributed by atoms with Crippen molar-refractivity contribution < 1.29 is 23.4 Å². The molecular weight excluding hydrogens is 237 g/mol. The normalized spacial score (nSPS) is 15.1. The van der Waals surface area contributed by atoms with Crippen molar-refractivity contribution in [3.8, 4) is 6.07 Å². The molecule has 2 unspecified atom stereocenters. The first kappa shape index (κ1) is 13.3. The lowest BCUT2D eigenvalue weighted by molar-refractivity contribution is -0.137. The Morgan fingerprint density at radius 2 is 1.88 bits per heavy atom. The summed E-state index contributed by atoms with van der Waals surface area (Å²) >= 11 is 0. The number of nitrogens with two attached hydrogens (primary N) is 1. The Kier molecular flexibility index (Phi) is 3.60. The number of nitriles is 1. The molecule has 2 atom stereocenters. The van der Waals surface area contributed by atoms with Gasteiger partial charge in [-0.2, -0.15) is 18.4 Å². The van der Waals surface area contributed by atoms with Gasteiger partial charge >= 0.3 is 6.18 Å². The topological polar surface area (TPSA) is 90.3 Å². The van der Waals surface area contributed by atoms with Crippen LogP contribution in [-0.4, -0.2) is 16.3 Å². The van der Waals surface area contributed by atoms with E-state index in [1.807, 2.05) is 0 Å². The molecule has 0 spiro atoms. The third kappa shape index (κ3) is 2.87. The Hall–Kier alpha value is -1.78. The van der Waals surface area contributed by atoms with Crippen molar-refractivity contribution >= 4 is 5.69 Å². The van der Waals surface area contributed by atoms with Gasteiger partial charge < -0.3 is 15.9 Å². The highest BCUT2D eigenvalue weighted by molar-refractivity contribution is 5.51. The molecule has 0 fully saturated rings. The molecule has 0 saturated carbocycles. The molecule has 92 valence electrons. The average Bonchev–Trinajstić information content (AvgIpc) is 2.25. The van der Waals surface area contributed by atoms with Crippen molar-refractivity contribution in [3.05, 3.63) is 29.3 Å². The summed E-state index contributed by atoms with van der Waals surface area (Å²) in [5, 5.41) is 26.8. The second-order valence-corrected chi connectivity index (χ2v) is 3.36. The standard InChI is InChI=1S/C10H9F3N2O2/c11-10(12,13)5-1-2-6(7(15)3-5)9(17)8(16)4-14/h1-3,8-9,16-17H,15H2. The van der Waals surface area contributed by atoms with Gasteiger partial charge in [0.15, 0.2) is 6.10 Å². The lowest BCUT2D eigenvalue weighted by Crippen LogP contribution is -2.18. The molecule has 0 saturated heterocycles. The number of halogens is 3. The van der Waals surface area contributed by atoms with Crippen LogP contribution >= 0.6 is 0 Å². The Morgan fingerprint density at radius 1 is 1.29 bits per heavy atom. The van der Waals surface area contributed by atoms with Gasteiger partial charge in [0.05, 0.1) is 11.6 Å². The van der Waals surface area contributed by atoms with Crippen LogP contribution in [0, 0.1) is 11.3 Å². The van der Waals surface area contributed by atoms with Crippen molar-refractivity contribution in [1.29, 1.82) is 5.26 Å². The number of nitrogens with zero attached hydrogens (tertiary/aromatic N) is 1. The van der Waals surface area contributed by atoms with Gasteiger partial charge in [-0.25, -0.2) is 0 Å². The highest BCUT2D eigenvalue weighted by Gasteiger charge is 2.31. The number of benzene rings is 1. The van der Waals surface area contributed by atoms with E-state index in [4.69, 9.17) is 16.1 Å². The molecule has 1 aromatic rings. The van der Waals surface area contributed by atoms with E-state index in [-0.39, 0.29) is 11.3 Å². The summed E-state index contributed by atoms with van der Waals surface area (Å²) in [6.45, 7) is 0. The Morgan fingerprint density at radius 3 is 2.29 bits per heavy atom. The molecule has 7 heteroatoms. The third-order valence-electron chi connectivity index (χ3n) is 2.16. The minimum Gasteiger partial charge on any atom is -0.398 e. The molecule has 0 aliphatic heterocycles. The van der Waals surface area contributed by atoms with Crippen LogP contribution in [0.25, 0.3) is 0 Å². The van der Waals surface area contributed by atoms with Gasteiger partial charge in [-0.3, -0.25) is 0 Å². The lowest BCUT2D eigenvalue weighted by Gasteiger charge is -2.16. The second-order valence-electron chi connectivity index (χ2n) is 3.36. The SMILES string of the molecule is N#CC(O)C(O)c1ccc(C(F)(F)F)cc1N.